The van der Waals surface area contributed by atoms with E-state index >= 15 is 0 Å². The van der Waals surface area contributed by atoms with Gasteiger partial charge in [-0.15, -0.1) is 0 Å². The molecule has 4 aromatic rings. The molecule has 0 spiro atoms. The van der Waals surface area contributed by atoms with Crippen LogP contribution in [0.2, 0.25) is 0 Å². The summed E-state index contributed by atoms with van der Waals surface area (Å²) in [6.07, 6.45) is 1.58. The maximum atomic E-state index is 10.8. The monoisotopic (exact) mass is 619 g/mol. The molecule has 0 amide bonds. The zero-order valence-electron chi connectivity index (χ0n) is 26.8. The zero-order chi connectivity index (χ0) is 32.3. The Balaban J connectivity index is 0.000000497. The molecule has 45 heavy (non-hydrogen) atoms. The summed E-state index contributed by atoms with van der Waals surface area (Å²) in [5.74, 6) is 2.99. The topological polar surface area (TPSA) is 122 Å². The normalized spacial score (nSPS) is 13.0. The van der Waals surface area contributed by atoms with Crippen molar-refractivity contribution in [3.8, 4) is 23.0 Å². The maximum absolute atomic E-state index is 10.8. The van der Waals surface area contributed by atoms with Gasteiger partial charge in [0.1, 0.15) is 35.3 Å². The third-order valence-electron chi connectivity index (χ3n) is 7.39. The molecule has 3 N–H and O–H groups in total. The molecule has 1 aliphatic rings. The molecule has 5 rings (SSSR count). The van der Waals surface area contributed by atoms with Crippen molar-refractivity contribution >= 4 is 23.1 Å². The van der Waals surface area contributed by atoms with E-state index in [9.17, 15) is 10.3 Å². The van der Waals surface area contributed by atoms with Crippen molar-refractivity contribution < 1.29 is 30.7 Å². The SMILES string of the molecule is COc1ccc(N(O)c2ccnc(Nc3cc(C)c(OCCN4CCOCC4)c(C)c3)n2)c(OC)c1.Cc1cccc(C)c1O.[HH]. The van der Waals surface area contributed by atoms with Crippen LogP contribution in [-0.2, 0) is 4.74 Å². The first-order valence-corrected chi connectivity index (χ1v) is 14.8. The van der Waals surface area contributed by atoms with E-state index in [2.05, 4.69) is 20.2 Å². The lowest BCUT2D eigenvalue weighted by molar-refractivity contribution is 0.0322. The van der Waals surface area contributed by atoms with E-state index in [0.717, 1.165) is 71.6 Å². The number of morpholine rings is 1. The van der Waals surface area contributed by atoms with Crippen LogP contribution in [0.3, 0.4) is 0 Å². The number of aromatic nitrogens is 2. The molecule has 1 saturated heterocycles. The molecule has 0 saturated carbocycles. The van der Waals surface area contributed by atoms with Crippen molar-refractivity contribution in [1.29, 1.82) is 0 Å². The summed E-state index contributed by atoms with van der Waals surface area (Å²) in [6.45, 7) is 12.8. The number of benzene rings is 3. The smallest absolute Gasteiger partial charge is 0.229 e. The van der Waals surface area contributed by atoms with Gasteiger partial charge in [0.05, 0.1) is 27.4 Å². The van der Waals surface area contributed by atoms with E-state index in [1.165, 1.54) is 7.11 Å². The van der Waals surface area contributed by atoms with Crippen molar-refractivity contribution in [2.24, 2.45) is 0 Å². The summed E-state index contributed by atoms with van der Waals surface area (Å²) in [5.41, 5.74) is 5.16. The lowest BCUT2D eigenvalue weighted by atomic mass is 10.1. The lowest BCUT2D eigenvalue weighted by Gasteiger charge is -2.26. The highest BCUT2D eigenvalue weighted by Gasteiger charge is 2.16. The molecule has 0 unspecified atom stereocenters. The van der Waals surface area contributed by atoms with Crippen LogP contribution in [0, 0.1) is 27.7 Å². The molecule has 2 heterocycles. The number of hydrogen-bond acceptors (Lipinski definition) is 11. The molecule has 11 nitrogen and oxygen atoms in total. The summed E-state index contributed by atoms with van der Waals surface area (Å²) >= 11 is 0. The second kappa shape index (κ2) is 15.9. The first kappa shape index (κ1) is 33.3. The van der Waals surface area contributed by atoms with Gasteiger partial charge in [-0.3, -0.25) is 10.1 Å². The summed E-state index contributed by atoms with van der Waals surface area (Å²) in [7, 11) is 3.10. The number of para-hydroxylation sites is 1. The fraction of sp³-hybridized carbons (Fsp3) is 0.353. The number of nitrogens with one attached hydrogen (secondary N) is 1. The van der Waals surface area contributed by atoms with Crippen molar-refractivity contribution in [3.05, 3.63) is 83.0 Å². The number of ether oxygens (including phenoxy) is 4. The summed E-state index contributed by atoms with van der Waals surface area (Å²) in [5, 5.41) is 24.2. The fourth-order valence-electron chi connectivity index (χ4n) is 4.90. The second-order valence-corrected chi connectivity index (χ2v) is 10.7. The molecule has 0 radical (unpaired) electrons. The molecule has 0 aliphatic carbocycles. The van der Waals surface area contributed by atoms with Gasteiger partial charge in [-0.1, -0.05) is 18.2 Å². The van der Waals surface area contributed by atoms with Gasteiger partial charge in [0.15, 0.2) is 5.82 Å². The first-order chi connectivity index (χ1) is 21.7. The van der Waals surface area contributed by atoms with E-state index in [-0.39, 0.29) is 7.24 Å². The fourth-order valence-corrected chi connectivity index (χ4v) is 4.90. The predicted molar refractivity (Wildman–Crippen MR) is 177 cm³/mol. The molecule has 1 fully saturated rings. The molecule has 0 bridgehead atoms. The van der Waals surface area contributed by atoms with Gasteiger partial charge in [0.25, 0.3) is 0 Å². The third kappa shape index (κ3) is 8.98. The van der Waals surface area contributed by atoms with Gasteiger partial charge in [0.2, 0.25) is 5.95 Å². The molecule has 0 atom stereocenters. The predicted octanol–water partition coefficient (Wildman–Crippen LogP) is 6.35. The van der Waals surface area contributed by atoms with Crippen LogP contribution in [0.5, 0.6) is 23.0 Å². The highest BCUT2D eigenvalue weighted by molar-refractivity contribution is 5.67. The molecular weight excluding hydrogens is 574 g/mol. The van der Waals surface area contributed by atoms with E-state index in [1.807, 2.05) is 58.0 Å². The molecule has 1 aromatic heterocycles. The average Bonchev–Trinajstić information content (AvgIpc) is 3.05. The Morgan fingerprint density at radius 3 is 2.24 bits per heavy atom. The standard InChI is InChI=1S/C26H33N5O5.C8H10O.H2/c1-18-15-20(16-19(2)25(18)36-14-11-30-9-12-35-13-10-30)28-26-27-8-7-24(29-26)31(32)22-6-5-21(33-3)17-23(22)34-4;1-6-4-3-5-7(2)8(6)9;/h5-8,15-17,32H,9-14H2,1-4H3,(H,27,28,29);3-5,9H,1-2H3;1H. The Kier molecular flexibility index (Phi) is 11.8. The van der Waals surface area contributed by atoms with E-state index in [0.29, 0.717) is 35.5 Å². The first-order valence-electron chi connectivity index (χ1n) is 14.8. The van der Waals surface area contributed by atoms with Gasteiger partial charge in [-0.25, -0.2) is 10.0 Å². The van der Waals surface area contributed by atoms with E-state index < -0.39 is 0 Å². The Labute approximate surface area is 266 Å². The number of aryl methyl sites for hydroxylation is 4. The quantitative estimate of drug-likeness (QED) is 0.172. The van der Waals surface area contributed by atoms with Crippen LogP contribution < -0.4 is 24.6 Å². The van der Waals surface area contributed by atoms with Crippen LogP contribution in [-0.4, -0.2) is 78.9 Å². The van der Waals surface area contributed by atoms with Gasteiger partial charge in [-0.2, -0.15) is 4.98 Å². The van der Waals surface area contributed by atoms with Crippen LogP contribution in [0.1, 0.15) is 23.7 Å². The minimum absolute atomic E-state index is 0. The second-order valence-electron chi connectivity index (χ2n) is 10.7. The van der Waals surface area contributed by atoms with Crippen molar-refractivity contribution in [2.45, 2.75) is 27.7 Å². The van der Waals surface area contributed by atoms with Crippen LogP contribution in [0.25, 0.3) is 0 Å². The van der Waals surface area contributed by atoms with Crippen LogP contribution in [0.15, 0.2) is 60.8 Å². The van der Waals surface area contributed by atoms with Crippen LogP contribution >= 0.6 is 0 Å². The summed E-state index contributed by atoms with van der Waals surface area (Å²) in [6, 6.07) is 16.4. The van der Waals surface area contributed by atoms with Crippen molar-refractivity contribution in [1.82, 2.24) is 14.9 Å². The number of anilines is 4. The average molecular weight is 620 g/mol. The molecular formula is C34H45N5O6. The Morgan fingerprint density at radius 2 is 1.62 bits per heavy atom. The molecule has 3 aromatic carbocycles. The number of phenolic OH excluding ortho intramolecular Hbond substituents is 1. The highest BCUT2D eigenvalue weighted by Crippen LogP contribution is 2.35. The van der Waals surface area contributed by atoms with E-state index in [1.54, 1.807) is 37.6 Å². The molecule has 11 heteroatoms. The van der Waals surface area contributed by atoms with Gasteiger partial charge >= 0.3 is 0 Å². The van der Waals surface area contributed by atoms with Crippen molar-refractivity contribution in [2.75, 3.05) is 64.1 Å². The largest absolute Gasteiger partial charge is 0.507 e. The van der Waals surface area contributed by atoms with Gasteiger partial charge in [-0.05, 0) is 74.2 Å². The minimum Gasteiger partial charge on any atom is -0.507 e. The van der Waals surface area contributed by atoms with Crippen molar-refractivity contribution in [3.63, 3.8) is 0 Å². The number of methoxy groups -OCH3 is 2. The van der Waals surface area contributed by atoms with Crippen LogP contribution in [0.4, 0.5) is 23.1 Å². The Morgan fingerprint density at radius 1 is 0.933 bits per heavy atom. The number of hydrogen-bond donors (Lipinski definition) is 3. The number of rotatable bonds is 10. The third-order valence-corrected chi connectivity index (χ3v) is 7.39. The number of nitrogens with zero attached hydrogens (tertiary/aromatic N) is 4. The highest BCUT2D eigenvalue weighted by atomic mass is 16.5. The number of aromatic hydroxyl groups is 1. The van der Waals surface area contributed by atoms with Gasteiger partial charge in [0, 0.05) is 45.1 Å². The Hall–Kier alpha value is -4.58. The number of phenols is 1. The lowest BCUT2D eigenvalue weighted by Crippen LogP contribution is -2.38. The summed E-state index contributed by atoms with van der Waals surface area (Å²) < 4.78 is 22.1. The maximum Gasteiger partial charge on any atom is 0.229 e. The zero-order valence-corrected chi connectivity index (χ0v) is 26.8. The Bertz CT molecular complexity index is 1520. The summed E-state index contributed by atoms with van der Waals surface area (Å²) in [4.78, 5) is 11.1. The van der Waals surface area contributed by atoms with Gasteiger partial charge < -0.3 is 29.4 Å². The van der Waals surface area contributed by atoms with E-state index in [4.69, 9.17) is 18.9 Å². The minimum atomic E-state index is 0. The molecule has 1 aliphatic heterocycles. The molecule has 242 valence electrons.